The topological polar surface area (TPSA) is 112 Å². The van der Waals surface area contributed by atoms with Crippen molar-refractivity contribution >= 4 is 30.1 Å². The molecule has 0 spiro atoms. The maximum Gasteiger partial charge on any atom is 0.532 e. The number of nitrogens with zero attached hydrogens (tertiary/aromatic N) is 1. The van der Waals surface area contributed by atoms with Crippen LogP contribution in [0.1, 0.15) is 6.42 Å². The average Bonchev–Trinajstić information content (AvgIpc) is 2.47. The Kier molecular flexibility index (Phi) is 7.47. The number of rotatable bonds is 9. The van der Waals surface area contributed by atoms with Gasteiger partial charge in [0.25, 0.3) is 0 Å². The van der Waals surface area contributed by atoms with Crippen LogP contribution in [0.4, 0.5) is 0 Å². The van der Waals surface area contributed by atoms with Crippen molar-refractivity contribution in [1.29, 1.82) is 0 Å². The van der Waals surface area contributed by atoms with Crippen LogP contribution in [0.25, 0.3) is 0 Å². The highest BCUT2D eigenvalue weighted by Gasteiger charge is 2.37. The number of carboxylic acid groups (broad SMARTS) is 1. The average molecular weight is 368 g/mol. The van der Waals surface area contributed by atoms with Crippen LogP contribution in [-0.2, 0) is 28.4 Å². The molecule has 1 aromatic carbocycles. The second-order valence-corrected chi connectivity index (χ2v) is 6.48. The van der Waals surface area contributed by atoms with E-state index in [1.165, 1.54) is 12.1 Å². The van der Waals surface area contributed by atoms with Crippen LogP contribution in [0.5, 0.6) is 5.75 Å². The fourth-order valence-electron chi connectivity index (χ4n) is 1.53. The fraction of sp³-hybridized carbons (Fsp3) is 0.333. The van der Waals surface area contributed by atoms with Gasteiger partial charge in [0.05, 0.1) is 20.6 Å². The van der Waals surface area contributed by atoms with Crippen molar-refractivity contribution in [3.63, 3.8) is 0 Å². The van der Waals surface area contributed by atoms with Gasteiger partial charge in [-0.1, -0.05) is 23.4 Å². The number of carbonyl (C=O) groups is 2. The van der Waals surface area contributed by atoms with Crippen LogP contribution in [0.15, 0.2) is 30.3 Å². The lowest BCUT2D eigenvalue weighted by Gasteiger charge is -2.24. The molecule has 0 heterocycles. The van der Waals surface area contributed by atoms with Gasteiger partial charge in [0, 0.05) is 11.2 Å². The third-order valence-electron chi connectivity index (χ3n) is 2.41. The number of hydrogen-bond donors (Lipinski definition) is 1. The molecule has 128 valence electrons. The lowest BCUT2D eigenvalue weighted by molar-refractivity contribution is -0.359. The van der Waals surface area contributed by atoms with E-state index < -0.39 is 31.3 Å². The molecule has 0 aliphatic heterocycles. The largest absolute Gasteiger partial charge is 0.532 e. The zero-order chi connectivity index (χ0) is 17.5. The summed E-state index contributed by atoms with van der Waals surface area (Å²) in [4.78, 5) is 32.2. The molecule has 1 unspecified atom stereocenters. The molecule has 0 aliphatic rings. The maximum atomic E-state index is 12.0. The number of carbonyl (C=O) groups excluding carboxylic acids is 1. The van der Waals surface area contributed by atoms with Crippen LogP contribution in [-0.4, -0.2) is 42.5 Å². The predicted molar refractivity (Wildman–Crippen MR) is 78.5 cm³/mol. The standard InChI is InChI=1S/C12H15ClNO8P/c1-19-14(20-2)10(8-11(15)16)12(17)22-23(13,18)21-9-6-4-3-5-7-9/h3-7,10H,8H2,1-2H3,(H,15,16)/t10-,23?/m0/s1. The van der Waals surface area contributed by atoms with E-state index in [1.54, 1.807) is 18.2 Å². The molecule has 2 atom stereocenters. The molecular formula is C12H15ClNO8P. The Morgan fingerprint density at radius 2 is 1.83 bits per heavy atom. The van der Waals surface area contributed by atoms with Crippen LogP contribution in [0.2, 0.25) is 0 Å². The summed E-state index contributed by atoms with van der Waals surface area (Å²) in [5.74, 6) is -2.46. The molecule has 0 radical (unpaired) electrons. The molecule has 1 rings (SSSR count). The highest BCUT2D eigenvalue weighted by Crippen LogP contribution is 2.53. The van der Waals surface area contributed by atoms with Crippen LogP contribution in [0, 0.1) is 0 Å². The first-order chi connectivity index (χ1) is 10.8. The first kappa shape index (κ1) is 19.4. The molecule has 11 heteroatoms. The Morgan fingerprint density at radius 1 is 1.26 bits per heavy atom. The fourth-order valence-corrected chi connectivity index (χ4v) is 2.72. The summed E-state index contributed by atoms with van der Waals surface area (Å²) in [7, 11) is 2.29. The Balaban J connectivity index is 2.83. The first-order valence-electron chi connectivity index (χ1n) is 6.16. The molecule has 1 aromatic rings. The van der Waals surface area contributed by atoms with Crippen molar-refractivity contribution in [1.82, 2.24) is 5.23 Å². The van der Waals surface area contributed by atoms with Gasteiger partial charge in [0.15, 0.2) is 6.04 Å². The highest BCUT2D eigenvalue weighted by molar-refractivity contribution is 7.82. The highest BCUT2D eigenvalue weighted by atomic mass is 35.7. The summed E-state index contributed by atoms with van der Waals surface area (Å²) < 4.78 is 21.5. The molecule has 9 nitrogen and oxygen atoms in total. The Bertz CT molecular complexity index is 580. The molecule has 0 amide bonds. The molecule has 0 saturated heterocycles. The van der Waals surface area contributed by atoms with Gasteiger partial charge in [-0.15, -0.1) is 0 Å². The molecule has 0 saturated carbocycles. The minimum atomic E-state index is -4.34. The summed E-state index contributed by atoms with van der Waals surface area (Å²) in [5, 5.41) is 9.41. The molecule has 0 aliphatic carbocycles. The summed E-state index contributed by atoms with van der Waals surface area (Å²) in [6.07, 6.45) is -0.733. The Morgan fingerprint density at radius 3 is 2.30 bits per heavy atom. The predicted octanol–water partition coefficient (Wildman–Crippen LogP) is 2.22. The monoisotopic (exact) mass is 367 g/mol. The van der Waals surface area contributed by atoms with E-state index in [2.05, 4.69) is 14.2 Å². The third kappa shape index (κ3) is 6.55. The summed E-state index contributed by atoms with van der Waals surface area (Å²) in [5.41, 5.74) is 0. The van der Waals surface area contributed by atoms with Gasteiger partial charge in [-0.05, 0) is 12.1 Å². The molecule has 0 bridgehead atoms. The molecule has 0 aromatic heterocycles. The lowest BCUT2D eigenvalue weighted by atomic mass is 10.2. The van der Waals surface area contributed by atoms with Crippen LogP contribution >= 0.6 is 18.2 Å². The second kappa shape index (κ2) is 8.85. The summed E-state index contributed by atoms with van der Waals surface area (Å²) in [6, 6.07) is 6.25. The molecule has 0 fully saturated rings. The van der Waals surface area contributed by atoms with Crippen molar-refractivity contribution in [3.8, 4) is 5.75 Å². The van der Waals surface area contributed by atoms with Gasteiger partial charge in [-0.25, -0.2) is 9.36 Å². The van der Waals surface area contributed by atoms with E-state index >= 15 is 0 Å². The SMILES string of the molecule is CON(OC)[C@@H](CC(=O)O)C(=O)OP(=O)(Cl)Oc1ccccc1. The first-order valence-corrected chi connectivity index (χ1v) is 8.61. The van der Waals surface area contributed by atoms with Crippen molar-refractivity contribution in [2.24, 2.45) is 0 Å². The number of benzene rings is 1. The minimum Gasteiger partial charge on any atom is -0.481 e. The van der Waals surface area contributed by atoms with Crippen LogP contribution < -0.4 is 4.52 Å². The van der Waals surface area contributed by atoms with Crippen molar-refractivity contribution < 1.29 is 38.0 Å². The number of hydrogen-bond acceptors (Lipinski definition) is 8. The van der Waals surface area contributed by atoms with Crippen molar-refractivity contribution in [2.75, 3.05) is 14.2 Å². The van der Waals surface area contributed by atoms with Gasteiger partial charge in [0.1, 0.15) is 5.75 Å². The van der Waals surface area contributed by atoms with E-state index in [1.807, 2.05) is 0 Å². The molecule has 23 heavy (non-hydrogen) atoms. The van der Waals surface area contributed by atoms with Crippen molar-refractivity contribution in [2.45, 2.75) is 12.5 Å². The Labute approximate surface area is 136 Å². The van der Waals surface area contributed by atoms with Gasteiger partial charge < -0.3 is 14.2 Å². The van der Waals surface area contributed by atoms with E-state index in [0.29, 0.717) is 5.23 Å². The van der Waals surface area contributed by atoms with Crippen molar-refractivity contribution in [3.05, 3.63) is 30.3 Å². The van der Waals surface area contributed by atoms with E-state index in [-0.39, 0.29) is 5.75 Å². The summed E-state index contributed by atoms with van der Waals surface area (Å²) >= 11 is 5.58. The second-order valence-electron chi connectivity index (χ2n) is 4.01. The van der Waals surface area contributed by atoms with E-state index in [0.717, 1.165) is 14.2 Å². The quantitative estimate of drug-likeness (QED) is 0.518. The molecular weight excluding hydrogens is 353 g/mol. The number of aliphatic carboxylic acids is 1. The van der Waals surface area contributed by atoms with Gasteiger partial charge >= 0.3 is 18.9 Å². The lowest BCUT2D eigenvalue weighted by Crippen LogP contribution is -2.42. The number of para-hydroxylation sites is 1. The molecule has 1 N–H and O–H groups in total. The number of hydroxylamine groups is 2. The van der Waals surface area contributed by atoms with Gasteiger partial charge in [-0.2, -0.15) is 0 Å². The third-order valence-corrected chi connectivity index (χ3v) is 3.65. The Hall–Kier alpha value is -1.64. The zero-order valence-corrected chi connectivity index (χ0v) is 13.9. The summed E-state index contributed by atoms with van der Waals surface area (Å²) in [6.45, 7) is -4.34. The van der Waals surface area contributed by atoms with Gasteiger partial charge in [-0.3, -0.25) is 14.5 Å². The van der Waals surface area contributed by atoms with E-state index in [9.17, 15) is 14.2 Å². The van der Waals surface area contributed by atoms with E-state index in [4.69, 9.17) is 20.9 Å². The number of carboxylic acids is 1. The van der Waals surface area contributed by atoms with Crippen LogP contribution in [0.3, 0.4) is 0 Å². The van der Waals surface area contributed by atoms with Gasteiger partial charge in [0.2, 0.25) is 0 Å². The number of halogens is 1. The minimum absolute atomic E-state index is 0.115. The maximum absolute atomic E-state index is 12.0. The zero-order valence-electron chi connectivity index (χ0n) is 12.2. The normalized spacial score (nSPS) is 14.8. The smallest absolute Gasteiger partial charge is 0.481 e.